The van der Waals surface area contributed by atoms with Crippen molar-refractivity contribution in [3.63, 3.8) is 0 Å². The summed E-state index contributed by atoms with van der Waals surface area (Å²) in [5.41, 5.74) is 0. The van der Waals surface area contributed by atoms with Gasteiger partial charge in [0.05, 0.1) is 6.54 Å². The van der Waals surface area contributed by atoms with Crippen molar-refractivity contribution in [3.05, 3.63) is 30.3 Å². The Balaban J connectivity index is 1.46. The highest BCUT2D eigenvalue weighted by Gasteiger charge is 2.28. The first-order valence-electron chi connectivity index (χ1n) is 8.08. The Morgan fingerprint density at radius 1 is 1.10 bits per heavy atom. The second-order valence-electron chi connectivity index (χ2n) is 6.07. The molecule has 3 rings (SSSR count). The molecule has 1 aromatic rings. The number of hydrogen-bond acceptors (Lipinski definition) is 2. The lowest BCUT2D eigenvalue weighted by atomic mass is 9.96. The summed E-state index contributed by atoms with van der Waals surface area (Å²) < 4.78 is 5.92. The molecule has 1 saturated heterocycles. The molecule has 0 radical (unpaired) electrons. The SMILES string of the molecule is O=C(NC1CCCCC1)N1CCC(Oc2ccccc2)C1. The number of hydrogen-bond donors (Lipinski definition) is 1. The Hall–Kier alpha value is -1.71. The van der Waals surface area contributed by atoms with Gasteiger partial charge in [-0.25, -0.2) is 4.79 Å². The minimum atomic E-state index is 0.0843. The van der Waals surface area contributed by atoms with E-state index in [2.05, 4.69) is 5.32 Å². The van der Waals surface area contributed by atoms with Crippen molar-refractivity contribution in [1.82, 2.24) is 10.2 Å². The van der Waals surface area contributed by atoms with Crippen molar-refractivity contribution in [2.75, 3.05) is 13.1 Å². The summed E-state index contributed by atoms with van der Waals surface area (Å²) in [5.74, 6) is 0.886. The van der Waals surface area contributed by atoms with Crippen molar-refractivity contribution in [2.24, 2.45) is 0 Å². The first kappa shape index (κ1) is 14.2. The summed E-state index contributed by atoms with van der Waals surface area (Å²) in [6, 6.07) is 10.3. The standard InChI is InChI=1S/C17H24N2O2/c20-17(18-14-7-3-1-4-8-14)19-12-11-16(13-19)21-15-9-5-2-6-10-15/h2,5-6,9-10,14,16H,1,3-4,7-8,11-13H2,(H,18,20). The second-order valence-corrected chi connectivity index (χ2v) is 6.07. The van der Waals surface area contributed by atoms with Gasteiger partial charge >= 0.3 is 6.03 Å². The number of carbonyl (C=O) groups excluding carboxylic acids is 1. The van der Waals surface area contributed by atoms with Gasteiger partial charge < -0.3 is 15.0 Å². The number of rotatable bonds is 3. The molecule has 4 nitrogen and oxygen atoms in total. The van der Waals surface area contributed by atoms with Crippen LogP contribution in [0.2, 0.25) is 0 Å². The van der Waals surface area contributed by atoms with Crippen LogP contribution in [0.4, 0.5) is 4.79 Å². The summed E-state index contributed by atoms with van der Waals surface area (Å²) in [5, 5.41) is 3.18. The first-order valence-corrected chi connectivity index (χ1v) is 8.08. The van der Waals surface area contributed by atoms with Crippen LogP contribution < -0.4 is 10.1 Å². The van der Waals surface area contributed by atoms with Crippen LogP contribution in [-0.4, -0.2) is 36.2 Å². The van der Waals surface area contributed by atoms with Gasteiger partial charge in [-0.15, -0.1) is 0 Å². The zero-order chi connectivity index (χ0) is 14.5. The van der Waals surface area contributed by atoms with E-state index in [0.29, 0.717) is 12.6 Å². The maximum absolute atomic E-state index is 12.3. The third-order valence-corrected chi connectivity index (χ3v) is 4.41. The molecule has 1 unspecified atom stereocenters. The van der Waals surface area contributed by atoms with Crippen molar-refractivity contribution in [3.8, 4) is 5.75 Å². The van der Waals surface area contributed by atoms with E-state index < -0.39 is 0 Å². The number of ether oxygens (including phenoxy) is 1. The molecule has 1 aromatic carbocycles. The zero-order valence-electron chi connectivity index (χ0n) is 12.5. The highest BCUT2D eigenvalue weighted by atomic mass is 16.5. The second kappa shape index (κ2) is 6.83. The van der Waals surface area contributed by atoms with Crippen molar-refractivity contribution >= 4 is 6.03 Å². The van der Waals surface area contributed by atoms with E-state index >= 15 is 0 Å². The number of urea groups is 1. The van der Waals surface area contributed by atoms with Gasteiger partial charge in [0.15, 0.2) is 0 Å². The number of nitrogens with one attached hydrogen (secondary N) is 1. The lowest BCUT2D eigenvalue weighted by Crippen LogP contribution is -2.45. The first-order chi connectivity index (χ1) is 10.3. The smallest absolute Gasteiger partial charge is 0.317 e. The van der Waals surface area contributed by atoms with Gasteiger partial charge in [0.2, 0.25) is 0 Å². The van der Waals surface area contributed by atoms with Gasteiger partial charge in [-0.1, -0.05) is 37.5 Å². The number of amides is 2. The topological polar surface area (TPSA) is 41.6 Å². The molecule has 2 amide bonds. The van der Waals surface area contributed by atoms with Crippen molar-refractivity contribution < 1.29 is 9.53 Å². The molecule has 2 aliphatic rings. The molecule has 0 bridgehead atoms. The van der Waals surface area contributed by atoms with Gasteiger partial charge in [0.25, 0.3) is 0 Å². The molecule has 1 heterocycles. The Morgan fingerprint density at radius 2 is 1.86 bits per heavy atom. The van der Waals surface area contributed by atoms with Crippen LogP contribution >= 0.6 is 0 Å². The normalized spacial score (nSPS) is 23.0. The fraction of sp³-hybridized carbons (Fsp3) is 0.588. The van der Waals surface area contributed by atoms with Crippen LogP contribution in [0.5, 0.6) is 5.75 Å². The molecule has 1 atom stereocenters. The molecule has 1 N–H and O–H groups in total. The Labute approximate surface area is 126 Å². The molecule has 1 saturated carbocycles. The Kier molecular flexibility index (Phi) is 4.63. The lowest BCUT2D eigenvalue weighted by molar-refractivity contribution is 0.182. The van der Waals surface area contributed by atoms with E-state index in [4.69, 9.17) is 4.74 Å². The Bertz CT molecular complexity index is 457. The van der Waals surface area contributed by atoms with E-state index in [1.807, 2.05) is 35.2 Å². The number of nitrogens with zero attached hydrogens (tertiary/aromatic N) is 1. The summed E-state index contributed by atoms with van der Waals surface area (Å²) in [7, 11) is 0. The van der Waals surface area contributed by atoms with Gasteiger partial charge in [0.1, 0.15) is 11.9 Å². The summed E-state index contributed by atoms with van der Waals surface area (Å²) in [4.78, 5) is 14.2. The van der Waals surface area contributed by atoms with Crippen LogP contribution in [0, 0.1) is 0 Å². The predicted octanol–water partition coefficient (Wildman–Crippen LogP) is 3.18. The van der Waals surface area contributed by atoms with Gasteiger partial charge in [0, 0.05) is 19.0 Å². The quantitative estimate of drug-likeness (QED) is 0.928. The predicted molar refractivity (Wildman–Crippen MR) is 82.5 cm³/mol. The summed E-state index contributed by atoms with van der Waals surface area (Å²) in [6.45, 7) is 1.48. The van der Waals surface area contributed by atoms with Crippen LogP contribution in [0.3, 0.4) is 0 Å². The number of para-hydroxylation sites is 1. The van der Waals surface area contributed by atoms with E-state index in [-0.39, 0.29) is 12.1 Å². The highest BCUT2D eigenvalue weighted by Crippen LogP contribution is 2.20. The minimum Gasteiger partial charge on any atom is -0.489 e. The number of carbonyl (C=O) groups is 1. The van der Waals surface area contributed by atoms with Gasteiger partial charge in [-0.05, 0) is 25.0 Å². The molecule has 0 spiro atoms. The van der Waals surface area contributed by atoms with Crippen molar-refractivity contribution in [1.29, 1.82) is 0 Å². The van der Waals surface area contributed by atoms with Crippen LogP contribution in [-0.2, 0) is 0 Å². The van der Waals surface area contributed by atoms with Crippen LogP contribution in [0.1, 0.15) is 38.5 Å². The molecule has 21 heavy (non-hydrogen) atoms. The molecule has 1 aliphatic carbocycles. The maximum Gasteiger partial charge on any atom is 0.317 e. The van der Waals surface area contributed by atoms with E-state index in [1.54, 1.807) is 0 Å². The summed E-state index contributed by atoms with van der Waals surface area (Å²) >= 11 is 0. The third kappa shape index (κ3) is 3.90. The van der Waals surface area contributed by atoms with Gasteiger partial charge in [-0.3, -0.25) is 0 Å². The monoisotopic (exact) mass is 288 g/mol. The fourth-order valence-corrected chi connectivity index (χ4v) is 3.21. The van der Waals surface area contributed by atoms with Gasteiger partial charge in [-0.2, -0.15) is 0 Å². The lowest BCUT2D eigenvalue weighted by Gasteiger charge is -2.26. The average Bonchev–Trinajstić information content (AvgIpc) is 2.98. The van der Waals surface area contributed by atoms with E-state index in [9.17, 15) is 4.79 Å². The molecule has 1 aliphatic heterocycles. The average molecular weight is 288 g/mol. The van der Waals surface area contributed by atoms with Crippen molar-refractivity contribution in [2.45, 2.75) is 50.7 Å². The highest BCUT2D eigenvalue weighted by molar-refractivity contribution is 5.74. The largest absolute Gasteiger partial charge is 0.489 e. The fourth-order valence-electron chi connectivity index (χ4n) is 3.21. The molecular weight excluding hydrogens is 264 g/mol. The zero-order valence-corrected chi connectivity index (χ0v) is 12.5. The van der Waals surface area contributed by atoms with E-state index in [1.165, 1.54) is 19.3 Å². The number of benzene rings is 1. The number of likely N-dealkylation sites (tertiary alicyclic amines) is 1. The molecule has 0 aromatic heterocycles. The minimum absolute atomic E-state index is 0.0843. The van der Waals surface area contributed by atoms with Crippen LogP contribution in [0.25, 0.3) is 0 Å². The molecule has 2 fully saturated rings. The molecular formula is C17H24N2O2. The summed E-state index contributed by atoms with van der Waals surface area (Å²) in [6.07, 6.45) is 7.07. The maximum atomic E-state index is 12.3. The Morgan fingerprint density at radius 3 is 2.62 bits per heavy atom. The molecule has 4 heteroatoms. The van der Waals surface area contributed by atoms with Crippen LogP contribution in [0.15, 0.2) is 30.3 Å². The van der Waals surface area contributed by atoms with E-state index in [0.717, 1.165) is 31.6 Å². The third-order valence-electron chi connectivity index (χ3n) is 4.41. The molecule has 114 valence electrons.